The van der Waals surface area contributed by atoms with Crippen molar-refractivity contribution < 1.29 is 24.1 Å². The van der Waals surface area contributed by atoms with Gasteiger partial charge in [0, 0.05) is 0 Å². The summed E-state index contributed by atoms with van der Waals surface area (Å²) in [7, 11) is -5.70. The van der Waals surface area contributed by atoms with Gasteiger partial charge < -0.3 is 0 Å². The van der Waals surface area contributed by atoms with Crippen LogP contribution < -0.4 is 0 Å². The van der Waals surface area contributed by atoms with Crippen molar-refractivity contribution in [1.29, 1.82) is 0 Å². The Morgan fingerprint density at radius 1 is 0.846 bits per heavy atom. The van der Waals surface area contributed by atoms with Crippen LogP contribution in [0.5, 0.6) is 0 Å². The first-order valence-corrected chi connectivity index (χ1v) is 12.1. The molecule has 144 valence electrons. The van der Waals surface area contributed by atoms with Gasteiger partial charge in [0.25, 0.3) is 0 Å². The molecule has 3 nitrogen and oxygen atoms in total. The molecule has 0 fully saturated rings. The molecule has 26 heavy (non-hydrogen) atoms. The molecule has 0 aliphatic heterocycles. The quantitative estimate of drug-likeness (QED) is 0.408. The van der Waals surface area contributed by atoms with Gasteiger partial charge in [-0.15, -0.1) is 0 Å². The first-order valence-electron chi connectivity index (χ1n) is 7.70. The van der Waals surface area contributed by atoms with Crippen LogP contribution in [0.1, 0.15) is 27.8 Å². The standard InChI is InChI=1S/C18H20F3IO3S/c1-11-6-7-13(3)16(10-11)22(25-26(23,24)18(19,20)21)17-14(4)8-12(2)9-15(17)5/h6-10H,1-5H3. The van der Waals surface area contributed by atoms with Crippen LogP contribution in [0.2, 0.25) is 0 Å². The predicted octanol–water partition coefficient (Wildman–Crippen LogP) is 5.56. The zero-order chi connectivity index (χ0) is 19.9. The van der Waals surface area contributed by atoms with Crippen molar-refractivity contribution in [1.82, 2.24) is 0 Å². The van der Waals surface area contributed by atoms with Crippen molar-refractivity contribution in [2.45, 2.75) is 40.1 Å². The zero-order valence-corrected chi connectivity index (χ0v) is 18.0. The zero-order valence-electron chi connectivity index (χ0n) is 15.0. The van der Waals surface area contributed by atoms with Gasteiger partial charge in [-0.25, -0.2) is 0 Å². The van der Waals surface area contributed by atoms with Gasteiger partial charge in [-0.3, -0.25) is 0 Å². The third-order valence-corrected chi connectivity index (χ3v) is 12.0. The Kier molecular flexibility index (Phi) is 6.09. The van der Waals surface area contributed by atoms with Gasteiger partial charge in [0.2, 0.25) is 0 Å². The Labute approximate surface area is 159 Å². The van der Waals surface area contributed by atoms with Crippen LogP contribution in [0.15, 0.2) is 30.3 Å². The van der Waals surface area contributed by atoms with Gasteiger partial charge in [0.15, 0.2) is 0 Å². The fourth-order valence-electron chi connectivity index (χ4n) is 2.60. The predicted molar refractivity (Wildman–Crippen MR) is 104 cm³/mol. The third-order valence-electron chi connectivity index (χ3n) is 3.69. The van der Waals surface area contributed by atoms with Crippen molar-refractivity contribution in [3.05, 3.63) is 65.3 Å². The number of hydrogen-bond acceptors (Lipinski definition) is 3. The van der Waals surface area contributed by atoms with E-state index in [1.54, 1.807) is 32.9 Å². The molecule has 0 aliphatic carbocycles. The summed E-state index contributed by atoms with van der Waals surface area (Å²) in [4.78, 5) is 0. The summed E-state index contributed by atoms with van der Waals surface area (Å²) in [5.74, 6) is 0. The van der Waals surface area contributed by atoms with Gasteiger partial charge in [0.05, 0.1) is 0 Å². The molecule has 0 bridgehead atoms. The number of hydrogen-bond donors (Lipinski definition) is 0. The second kappa shape index (κ2) is 7.47. The molecule has 2 aromatic rings. The van der Waals surface area contributed by atoms with E-state index in [1.165, 1.54) is 0 Å². The normalized spacial score (nSPS) is 13.0. The van der Waals surface area contributed by atoms with Crippen LogP contribution in [-0.2, 0) is 12.6 Å². The molecule has 2 rings (SSSR count). The van der Waals surface area contributed by atoms with E-state index >= 15 is 0 Å². The first kappa shape index (κ1) is 21.2. The van der Waals surface area contributed by atoms with Gasteiger partial charge in [-0.1, -0.05) is 0 Å². The average Bonchev–Trinajstić information content (AvgIpc) is 2.46. The van der Waals surface area contributed by atoms with Gasteiger partial charge in [-0.05, 0) is 0 Å². The van der Waals surface area contributed by atoms with E-state index in [1.807, 2.05) is 32.0 Å². The average molecular weight is 500 g/mol. The summed E-state index contributed by atoms with van der Waals surface area (Å²) in [5, 5.41) is 0. The summed E-state index contributed by atoms with van der Waals surface area (Å²) < 4.78 is 68.6. The minimum atomic E-state index is -5.70. The van der Waals surface area contributed by atoms with Gasteiger partial charge in [-0.2, -0.15) is 0 Å². The Morgan fingerprint density at radius 2 is 1.38 bits per heavy atom. The molecule has 0 spiro atoms. The van der Waals surface area contributed by atoms with E-state index < -0.39 is 35.9 Å². The Hall–Kier alpha value is -1.13. The fraction of sp³-hybridized carbons (Fsp3) is 0.333. The maximum atomic E-state index is 13.0. The number of rotatable bonds is 4. The third kappa shape index (κ3) is 4.40. The van der Waals surface area contributed by atoms with Crippen LogP contribution in [0.4, 0.5) is 13.2 Å². The second-order valence-corrected chi connectivity index (χ2v) is 12.4. The molecule has 2 aromatic carbocycles. The van der Waals surface area contributed by atoms with Crippen LogP contribution in [0.25, 0.3) is 0 Å². The molecule has 0 saturated carbocycles. The number of aryl methyl sites for hydroxylation is 5. The first-order chi connectivity index (χ1) is 11.8. The molecule has 0 unspecified atom stereocenters. The number of halogens is 4. The van der Waals surface area contributed by atoms with Crippen LogP contribution in [0, 0.1) is 41.8 Å². The van der Waals surface area contributed by atoms with Crippen LogP contribution >= 0.6 is 20.2 Å². The summed E-state index contributed by atoms with van der Waals surface area (Å²) >= 11 is -3.38. The van der Waals surface area contributed by atoms with Crippen molar-refractivity contribution in [2.75, 3.05) is 0 Å². The molecular weight excluding hydrogens is 480 g/mol. The summed E-state index contributed by atoms with van der Waals surface area (Å²) in [6.45, 7) is 8.99. The molecule has 0 saturated heterocycles. The SMILES string of the molecule is Cc1cc(C)c(I(OS(=O)(=O)C(F)(F)F)c2cc(C)ccc2C)c(C)c1. The van der Waals surface area contributed by atoms with Crippen LogP contribution in [0.3, 0.4) is 0 Å². The Balaban J connectivity index is 2.74. The van der Waals surface area contributed by atoms with E-state index in [9.17, 15) is 21.6 Å². The molecule has 0 heterocycles. The summed E-state index contributed by atoms with van der Waals surface area (Å²) in [6, 6.07) is 9.01. The minimum absolute atomic E-state index is 0.553. The molecule has 0 radical (unpaired) electrons. The molecule has 0 aromatic heterocycles. The fourth-order valence-corrected chi connectivity index (χ4v) is 10.3. The molecule has 0 aliphatic rings. The molecule has 0 atom stereocenters. The second-order valence-electron chi connectivity index (χ2n) is 6.18. The topological polar surface area (TPSA) is 43.4 Å². The molecule has 0 N–H and O–H groups in total. The Bertz CT molecular complexity index is 914. The monoisotopic (exact) mass is 500 g/mol. The molecule has 0 amide bonds. The van der Waals surface area contributed by atoms with Crippen molar-refractivity contribution in [2.24, 2.45) is 0 Å². The van der Waals surface area contributed by atoms with E-state index in [2.05, 4.69) is 0 Å². The molecule has 8 heteroatoms. The van der Waals surface area contributed by atoms with Crippen molar-refractivity contribution in [3.63, 3.8) is 0 Å². The van der Waals surface area contributed by atoms with E-state index in [0.29, 0.717) is 7.14 Å². The van der Waals surface area contributed by atoms with E-state index in [4.69, 9.17) is 2.51 Å². The number of alkyl halides is 3. The van der Waals surface area contributed by atoms with Crippen molar-refractivity contribution in [3.8, 4) is 0 Å². The van der Waals surface area contributed by atoms with Crippen LogP contribution in [-0.4, -0.2) is 13.9 Å². The maximum absolute atomic E-state index is 13.0. The van der Waals surface area contributed by atoms with E-state index in [-0.39, 0.29) is 0 Å². The number of benzene rings is 2. The van der Waals surface area contributed by atoms with E-state index in [0.717, 1.165) is 27.8 Å². The van der Waals surface area contributed by atoms with Gasteiger partial charge in [0.1, 0.15) is 0 Å². The van der Waals surface area contributed by atoms with Gasteiger partial charge >= 0.3 is 160 Å². The van der Waals surface area contributed by atoms with Crippen molar-refractivity contribution >= 4 is 30.4 Å². The summed E-state index contributed by atoms with van der Waals surface area (Å²) in [6.07, 6.45) is 0. The Morgan fingerprint density at radius 3 is 1.88 bits per heavy atom. The molecular formula is C18H20F3IO3S. The summed E-state index contributed by atoms with van der Waals surface area (Å²) in [5.41, 5.74) is -1.45.